The van der Waals surface area contributed by atoms with Gasteiger partial charge in [0, 0.05) is 12.1 Å². The minimum absolute atomic E-state index is 0.0737. The van der Waals surface area contributed by atoms with Crippen LogP contribution in [0.3, 0.4) is 0 Å². The van der Waals surface area contributed by atoms with E-state index < -0.39 is 0 Å². The lowest BCUT2D eigenvalue weighted by atomic mass is 10.1. The quantitative estimate of drug-likeness (QED) is 0.555. The van der Waals surface area contributed by atoms with Gasteiger partial charge in [0.25, 0.3) is 5.56 Å². The Hall–Kier alpha value is -3.73. The molecular formula is C24H21N3O2. The largest absolute Gasteiger partial charge is 0.354 e. The average molecular weight is 383 g/mol. The van der Waals surface area contributed by atoms with Crippen LogP contribution in [0.5, 0.6) is 0 Å². The number of nitrogens with zero attached hydrogens (tertiary/aromatic N) is 2. The number of amides is 1. The van der Waals surface area contributed by atoms with E-state index in [9.17, 15) is 9.59 Å². The zero-order chi connectivity index (χ0) is 20.1. The molecule has 0 fully saturated rings. The lowest BCUT2D eigenvalue weighted by molar-refractivity contribution is -0.121. The zero-order valence-corrected chi connectivity index (χ0v) is 15.9. The highest BCUT2D eigenvalue weighted by Crippen LogP contribution is 2.18. The van der Waals surface area contributed by atoms with Gasteiger partial charge in [-0.25, -0.2) is 4.98 Å². The molecule has 0 atom stereocenters. The predicted octanol–water partition coefficient (Wildman–Crippen LogP) is 3.42. The number of hydrogen-bond acceptors (Lipinski definition) is 3. The fourth-order valence-corrected chi connectivity index (χ4v) is 3.31. The lowest BCUT2D eigenvalue weighted by Crippen LogP contribution is -2.34. The topological polar surface area (TPSA) is 64.0 Å². The summed E-state index contributed by atoms with van der Waals surface area (Å²) in [4.78, 5) is 30.3. The summed E-state index contributed by atoms with van der Waals surface area (Å²) in [5.74, 6) is 0.282. The Labute approximate surface area is 168 Å². The van der Waals surface area contributed by atoms with Gasteiger partial charge in [0.1, 0.15) is 12.4 Å². The maximum atomic E-state index is 13.1. The van der Waals surface area contributed by atoms with Gasteiger partial charge in [-0.2, -0.15) is 0 Å². The predicted molar refractivity (Wildman–Crippen MR) is 115 cm³/mol. The Balaban J connectivity index is 1.61. The molecule has 4 aromatic rings. The van der Waals surface area contributed by atoms with Gasteiger partial charge in [0.15, 0.2) is 0 Å². The van der Waals surface area contributed by atoms with Crippen molar-refractivity contribution in [2.75, 3.05) is 6.54 Å². The second-order valence-electron chi connectivity index (χ2n) is 6.80. The molecule has 29 heavy (non-hydrogen) atoms. The van der Waals surface area contributed by atoms with Crippen molar-refractivity contribution in [1.82, 2.24) is 14.9 Å². The average Bonchev–Trinajstić information content (AvgIpc) is 2.77. The number of aromatic nitrogens is 2. The van der Waals surface area contributed by atoms with Crippen molar-refractivity contribution >= 4 is 16.8 Å². The summed E-state index contributed by atoms with van der Waals surface area (Å²) in [5, 5.41) is 3.41. The van der Waals surface area contributed by atoms with Gasteiger partial charge < -0.3 is 5.32 Å². The maximum absolute atomic E-state index is 13.1. The molecule has 0 saturated heterocycles. The molecule has 4 rings (SSSR count). The normalized spacial score (nSPS) is 10.8. The van der Waals surface area contributed by atoms with Crippen molar-refractivity contribution < 1.29 is 4.79 Å². The highest BCUT2D eigenvalue weighted by molar-refractivity contribution is 5.81. The molecule has 0 aliphatic carbocycles. The molecule has 1 heterocycles. The first-order chi connectivity index (χ1) is 14.2. The summed E-state index contributed by atoms with van der Waals surface area (Å²) in [6, 6.07) is 26.6. The maximum Gasteiger partial charge on any atom is 0.262 e. The van der Waals surface area contributed by atoms with Crippen molar-refractivity contribution in [2.45, 2.75) is 13.0 Å². The highest BCUT2D eigenvalue weighted by atomic mass is 16.2. The molecule has 1 aromatic heterocycles. The monoisotopic (exact) mass is 383 g/mol. The molecule has 0 saturated carbocycles. The molecule has 1 N–H and O–H groups in total. The van der Waals surface area contributed by atoms with Crippen molar-refractivity contribution in [3.8, 4) is 11.4 Å². The Morgan fingerprint density at radius 1 is 0.862 bits per heavy atom. The van der Waals surface area contributed by atoms with E-state index >= 15 is 0 Å². The van der Waals surface area contributed by atoms with Gasteiger partial charge >= 0.3 is 0 Å². The van der Waals surface area contributed by atoms with E-state index in [0.717, 1.165) is 17.5 Å². The van der Waals surface area contributed by atoms with E-state index in [0.29, 0.717) is 23.3 Å². The molecule has 144 valence electrons. The smallest absolute Gasteiger partial charge is 0.262 e. The van der Waals surface area contributed by atoms with Gasteiger partial charge in [-0.3, -0.25) is 14.2 Å². The van der Waals surface area contributed by atoms with E-state index in [-0.39, 0.29) is 18.0 Å². The first-order valence-corrected chi connectivity index (χ1v) is 9.58. The third kappa shape index (κ3) is 4.24. The molecule has 0 bridgehead atoms. The number of fused-ring (bicyclic) bond motifs is 1. The number of carbonyl (C=O) groups excluding carboxylic acids is 1. The third-order valence-corrected chi connectivity index (χ3v) is 4.77. The molecule has 1 amide bonds. The second-order valence-corrected chi connectivity index (χ2v) is 6.80. The number of benzene rings is 3. The fraction of sp³-hybridized carbons (Fsp3) is 0.125. The first-order valence-electron chi connectivity index (χ1n) is 9.58. The SMILES string of the molecule is O=C(Cn1c(-c2ccccc2)nc2ccccc2c1=O)NCCc1ccccc1. The van der Waals surface area contributed by atoms with Crippen molar-refractivity contribution in [2.24, 2.45) is 0 Å². The number of rotatable bonds is 6. The van der Waals surface area contributed by atoms with Crippen molar-refractivity contribution in [1.29, 1.82) is 0 Å². The Kier molecular flexibility index (Phi) is 5.47. The van der Waals surface area contributed by atoms with Crippen LogP contribution in [0, 0.1) is 0 Å². The van der Waals surface area contributed by atoms with Crippen LogP contribution in [0.2, 0.25) is 0 Å². The number of para-hydroxylation sites is 1. The number of hydrogen-bond donors (Lipinski definition) is 1. The Morgan fingerprint density at radius 2 is 1.52 bits per heavy atom. The van der Waals surface area contributed by atoms with Crippen LogP contribution < -0.4 is 10.9 Å². The molecule has 5 nitrogen and oxygen atoms in total. The molecule has 5 heteroatoms. The van der Waals surface area contributed by atoms with E-state index in [1.165, 1.54) is 4.57 Å². The summed E-state index contributed by atoms with van der Waals surface area (Å²) in [6.07, 6.45) is 0.739. The van der Waals surface area contributed by atoms with E-state index in [2.05, 4.69) is 10.3 Å². The molecule has 0 spiro atoms. The van der Waals surface area contributed by atoms with Gasteiger partial charge in [-0.1, -0.05) is 72.8 Å². The van der Waals surface area contributed by atoms with Crippen molar-refractivity contribution in [3.05, 3.63) is 101 Å². The summed E-state index contributed by atoms with van der Waals surface area (Å²) in [5.41, 5.74) is 2.36. The highest BCUT2D eigenvalue weighted by Gasteiger charge is 2.15. The van der Waals surface area contributed by atoms with Gasteiger partial charge in [-0.15, -0.1) is 0 Å². The van der Waals surface area contributed by atoms with Gasteiger partial charge in [0.2, 0.25) is 5.91 Å². The minimum Gasteiger partial charge on any atom is -0.354 e. The second kappa shape index (κ2) is 8.52. The standard InChI is InChI=1S/C24H21N3O2/c28-22(25-16-15-18-9-3-1-4-10-18)17-27-23(19-11-5-2-6-12-19)26-21-14-8-7-13-20(21)24(27)29/h1-14H,15-17H2,(H,25,28). The molecule has 3 aromatic carbocycles. The van der Waals surface area contributed by atoms with E-state index in [1.54, 1.807) is 12.1 Å². The molecule has 0 aliphatic rings. The van der Waals surface area contributed by atoms with Crippen molar-refractivity contribution in [3.63, 3.8) is 0 Å². The zero-order valence-electron chi connectivity index (χ0n) is 15.9. The number of carbonyl (C=O) groups is 1. The van der Waals surface area contributed by atoms with Crippen LogP contribution in [0.1, 0.15) is 5.56 Å². The summed E-state index contributed by atoms with van der Waals surface area (Å²) >= 11 is 0. The van der Waals surface area contributed by atoms with E-state index in [4.69, 9.17) is 0 Å². The summed E-state index contributed by atoms with van der Waals surface area (Å²) in [6.45, 7) is 0.439. The van der Waals surface area contributed by atoms with Crippen LogP contribution in [-0.4, -0.2) is 22.0 Å². The van der Waals surface area contributed by atoms with E-state index in [1.807, 2.05) is 72.8 Å². The summed E-state index contributed by atoms with van der Waals surface area (Å²) in [7, 11) is 0. The fourth-order valence-electron chi connectivity index (χ4n) is 3.31. The van der Waals surface area contributed by atoms with Crippen LogP contribution >= 0.6 is 0 Å². The Bertz CT molecular complexity index is 1190. The Morgan fingerprint density at radius 3 is 2.28 bits per heavy atom. The van der Waals surface area contributed by atoms with Gasteiger partial charge in [-0.05, 0) is 24.1 Å². The molecular weight excluding hydrogens is 362 g/mol. The lowest BCUT2D eigenvalue weighted by Gasteiger charge is -2.14. The molecule has 0 aliphatic heterocycles. The first kappa shape index (κ1) is 18.6. The van der Waals surface area contributed by atoms with Crippen LogP contribution in [0.15, 0.2) is 89.7 Å². The third-order valence-electron chi connectivity index (χ3n) is 4.77. The molecule has 0 radical (unpaired) electrons. The van der Waals surface area contributed by atoms with Gasteiger partial charge in [0.05, 0.1) is 10.9 Å². The minimum atomic E-state index is -0.215. The number of nitrogens with one attached hydrogen (secondary N) is 1. The summed E-state index contributed by atoms with van der Waals surface area (Å²) < 4.78 is 1.45. The van der Waals surface area contributed by atoms with Crippen LogP contribution in [0.4, 0.5) is 0 Å². The molecule has 0 unspecified atom stereocenters. The van der Waals surface area contributed by atoms with Crippen LogP contribution in [-0.2, 0) is 17.8 Å². The van der Waals surface area contributed by atoms with Crippen LogP contribution in [0.25, 0.3) is 22.3 Å².